The van der Waals surface area contributed by atoms with Gasteiger partial charge in [0.25, 0.3) is 5.91 Å². The molecule has 1 aromatic carbocycles. The van der Waals surface area contributed by atoms with Crippen LogP contribution in [0.2, 0.25) is 10.0 Å². The molecule has 0 fully saturated rings. The standard InChI is InChI=1S/C14H17Cl2NO3/c1-9(2)8-17(7-6-12(18)19)14(20)10-4-3-5-11(15)13(10)16/h3-5,9H,6-8H2,1-2H3,(H,18,19). The molecule has 4 nitrogen and oxygen atoms in total. The zero-order chi connectivity index (χ0) is 15.3. The van der Waals surface area contributed by atoms with Gasteiger partial charge < -0.3 is 10.0 Å². The Balaban J connectivity index is 2.96. The Morgan fingerprint density at radius 2 is 1.95 bits per heavy atom. The number of carbonyl (C=O) groups excluding carboxylic acids is 1. The molecule has 0 spiro atoms. The average Bonchev–Trinajstić information content (AvgIpc) is 2.36. The maximum absolute atomic E-state index is 12.5. The maximum Gasteiger partial charge on any atom is 0.305 e. The summed E-state index contributed by atoms with van der Waals surface area (Å²) in [6, 6.07) is 4.83. The van der Waals surface area contributed by atoms with Crippen molar-refractivity contribution in [3.8, 4) is 0 Å². The average molecular weight is 318 g/mol. The fourth-order valence-electron chi connectivity index (χ4n) is 1.79. The molecule has 1 rings (SSSR count). The summed E-state index contributed by atoms with van der Waals surface area (Å²) in [4.78, 5) is 24.6. The largest absolute Gasteiger partial charge is 0.481 e. The highest BCUT2D eigenvalue weighted by molar-refractivity contribution is 6.43. The highest BCUT2D eigenvalue weighted by atomic mass is 35.5. The number of rotatable bonds is 6. The topological polar surface area (TPSA) is 57.6 Å². The normalized spacial score (nSPS) is 10.7. The molecule has 0 saturated carbocycles. The quantitative estimate of drug-likeness (QED) is 0.872. The van der Waals surface area contributed by atoms with Crippen molar-refractivity contribution in [3.05, 3.63) is 33.8 Å². The minimum absolute atomic E-state index is 0.101. The third-order valence-corrected chi connectivity index (χ3v) is 3.47. The van der Waals surface area contributed by atoms with Crippen molar-refractivity contribution < 1.29 is 14.7 Å². The molecule has 0 aromatic heterocycles. The van der Waals surface area contributed by atoms with E-state index in [1.807, 2.05) is 13.8 Å². The van der Waals surface area contributed by atoms with E-state index in [1.165, 1.54) is 4.90 Å². The smallest absolute Gasteiger partial charge is 0.305 e. The fourth-order valence-corrected chi connectivity index (χ4v) is 2.17. The van der Waals surface area contributed by atoms with Crippen molar-refractivity contribution in [3.63, 3.8) is 0 Å². The van der Waals surface area contributed by atoms with E-state index in [0.717, 1.165) is 0 Å². The summed E-state index contributed by atoms with van der Waals surface area (Å²) >= 11 is 11.9. The molecule has 1 amide bonds. The Morgan fingerprint density at radius 3 is 2.50 bits per heavy atom. The summed E-state index contributed by atoms with van der Waals surface area (Å²) in [5.74, 6) is -1.01. The molecule has 0 aliphatic rings. The van der Waals surface area contributed by atoms with Crippen LogP contribution in [0.5, 0.6) is 0 Å². The molecule has 0 aliphatic heterocycles. The number of hydrogen-bond acceptors (Lipinski definition) is 2. The second kappa shape index (κ2) is 7.50. The van der Waals surface area contributed by atoms with Crippen LogP contribution in [-0.4, -0.2) is 35.0 Å². The molecule has 1 N–H and O–H groups in total. The van der Waals surface area contributed by atoms with Crippen LogP contribution in [0.1, 0.15) is 30.6 Å². The monoisotopic (exact) mass is 317 g/mol. The van der Waals surface area contributed by atoms with E-state index in [1.54, 1.807) is 18.2 Å². The number of carboxylic acid groups (broad SMARTS) is 1. The third-order valence-electron chi connectivity index (χ3n) is 2.65. The Bertz CT molecular complexity index is 503. The lowest BCUT2D eigenvalue weighted by Gasteiger charge is -2.24. The van der Waals surface area contributed by atoms with Crippen molar-refractivity contribution in [2.75, 3.05) is 13.1 Å². The fraction of sp³-hybridized carbons (Fsp3) is 0.429. The number of carbonyl (C=O) groups is 2. The second-order valence-electron chi connectivity index (χ2n) is 4.89. The summed E-state index contributed by atoms with van der Waals surface area (Å²) in [6.07, 6.45) is -0.101. The van der Waals surface area contributed by atoms with Crippen LogP contribution in [0, 0.1) is 5.92 Å². The van der Waals surface area contributed by atoms with E-state index in [-0.39, 0.29) is 29.8 Å². The Labute approximate surface area is 128 Å². The van der Waals surface area contributed by atoms with Crippen LogP contribution < -0.4 is 0 Å². The van der Waals surface area contributed by atoms with Crippen LogP contribution in [0.3, 0.4) is 0 Å². The first-order chi connectivity index (χ1) is 9.32. The van der Waals surface area contributed by atoms with Crippen LogP contribution in [0.25, 0.3) is 0 Å². The Morgan fingerprint density at radius 1 is 1.30 bits per heavy atom. The van der Waals surface area contributed by atoms with Crippen LogP contribution in [-0.2, 0) is 4.79 Å². The molecule has 0 aliphatic carbocycles. The maximum atomic E-state index is 12.5. The predicted octanol–water partition coefficient (Wildman–Crippen LogP) is 3.57. The van der Waals surface area contributed by atoms with Gasteiger partial charge in [-0.2, -0.15) is 0 Å². The lowest BCUT2D eigenvalue weighted by atomic mass is 10.1. The summed E-state index contributed by atoms with van der Waals surface area (Å²) < 4.78 is 0. The molecule has 20 heavy (non-hydrogen) atoms. The molecule has 1 aromatic rings. The third kappa shape index (κ3) is 4.69. The SMILES string of the molecule is CC(C)CN(CCC(=O)O)C(=O)c1cccc(Cl)c1Cl. The lowest BCUT2D eigenvalue weighted by molar-refractivity contribution is -0.137. The van der Waals surface area contributed by atoms with Gasteiger partial charge in [-0.1, -0.05) is 43.1 Å². The molecule has 0 bridgehead atoms. The lowest BCUT2D eigenvalue weighted by Crippen LogP contribution is -2.36. The molecule has 0 heterocycles. The Hall–Kier alpha value is -1.26. The van der Waals surface area contributed by atoms with Gasteiger partial charge in [-0.05, 0) is 18.1 Å². The van der Waals surface area contributed by atoms with Gasteiger partial charge in [-0.25, -0.2) is 0 Å². The second-order valence-corrected chi connectivity index (χ2v) is 5.68. The molecule has 6 heteroatoms. The van der Waals surface area contributed by atoms with E-state index < -0.39 is 5.97 Å². The molecule has 0 atom stereocenters. The summed E-state index contributed by atoms with van der Waals surface area (Å²) in [5, 5.41) is 9.27. The minimum Gasteiger partial charge on any atom is -0.481 e. The van der Waals surface area contributed by atoms with Crippen molar-refractivity contribution in [1.82, 2.24) is 4.90 Å². The summed E-state index contributed by atoms with van der Waals surface area (Å²) in [7, 11) is 0. The molecular weight excluding hydrogens is 301 g/mol. The zero-order valence-electron chi connectivity index (χ0n) is 11.4. The van der Waals surface area contributed by atoms with Crippen LogP contribution in [0.15, 0.2) is 18.2 Å². The van der Waals surface area contributed by atoms with Crippen molar-refractivity contribution in [1.29, 1.82) is 0 Å². The van der Waals surface area contributed by atoms with Crippen LogP contribution >= 0.6 is 23.2 Å². The van der Waals surface area contributed by atoms with E-state index in [4.69, 9.17) is 28.3 Å². The van der Waals surface area contributed by atoms with Gasteiger partial charge in [0.1, 0.15) is 0 Å². The first-order valence-electron chi connectivity index (χ1n) is 6.28. The van der Waals surface area contributed by atoms with Gasteiger partial charge in [0, 0.05) is 13.1 Å². The number of hydrogen-bond donors (Lipinski definition) is 1. The molecule has 0 radical (unpaired) electrons. The van der Waals surface area contributed by atoms with Gasteiger partial charge >= 0.3 is 5.97 Å². The van der Waals surface area contributed by atoms with Gasteiger partial charge in [0.05, 0.1) is 22.0 Å². The van der Waals surface area contributed by atoms with Gasteiger partial charge in [0.2, 0.25) is 0 Å². The number of amides is 1. The van der Waals surface area contributed by atoms with Crippen LogP contribution in [0.4, 0.5) is 0 Å². The Kier molecular flexibility index (Phi) is 6.30. The molecule has 0 unspecified atom stereocenters. The minimum atomic E-state index is -0.941. The predicted molar refractivity (Wildman–Crippen MR) is 79.5 cm³/mol. The summed E-state index contributed by atoms with van der Waals surface area (Å²) in [6.45, 7) is 4.53. The zero-order valence-corrected chi connectivity index (χ0v) is 12.9. The van der Waals surface area contributed by atoms with Crippen molar-refractivity contribution in [2.24, 2.45) is 5.92 Å². The molecule has 110 valence electrons. The number of aliphatic carboxylic acids is 1. The number of carboxylic acids is 1. The van der Waals surface area contributed by atoms with E-state index in [9.17, 15) is 9.59 Å². The van der Waals surface area contributed by atoms with Gasteiger partial charge in [-0.3, -0.25) is 9.59 Å². The number of nitrogens with zero attached hydrogens (tertiary/aromatic N) is 1. The highest BCUT2D eigenvalue weighted by Crippen LogP contribution is 2.26. The molecule has 0 saturated heterocycles. The number of benzene rings is 1. The van der Waals surface area contributed by atoms with E-state index >= 15 is 0 Å². The van der Waals surface area contributed by atoms with E-state index in [0.29, 0.717) is 17.1 Å². The number of halogens is 2. The first kappa shape index (κ1) is 16.8. The van der Waals surface area contributed by atoms with Gasteiger partial charge in [-0.15, -0.1) is 0 Å². The van der Waals surface area contributed by atoms with Gasteiger partial charge in [0.15, 0.2) is 0 Å². The van der Waals surface area contributed by atoms with Crippen molar-refractivity contribution >= 4 is 35.1 Å². The van der Waals surface area contributed by atoms with Crippen molar-refractivity contribution in [2.45, 2.75) is 20.3 Å². The highest BCUT2D eigenvalue weighted by Gasteiger charge is 2.21. The van der Waals surface area contributed by atoms with E-state index in [2.05, 4.69) is 0 Å². The summed E-state index contributed by atoms with van der Waals surface area (Å²) in [5.41, 5.74) is 0.296. The molecular formula is C14H17Cl2NO3. The first-order valence-corrected chi connectivity index (χ1v) is 7.03.